The first-order valence-corrected chi connectivity index (χ1v) is 25.1. The van der Waals surface area contributed by atoms with E-state index in [9.17, 15) is 25.2 Å². The van der Waals surface area contributed by atoms with Crippen LogP contribution >= 0.6 is 0 Å². The number of aromatic nitrogens is 2. The van der Waals surface area contributed by atoms with Crippen LogP contribution in [-0.4, -0.2) is 59.7 Å². The fourth-order valence-corrected chi connectivity index (χ4v) is 17.7. The number of hydrogen-bond donors (Lipinski definition) is 4. The summed E-state index contributed by atoms with van der Waals surface area (Å²) in [5.74, 6) is 1.65. The minimum absolute atomic E-state index is 0.0233. The van der Waals surface area contributed by atoms with Gasteiger partial charge in [0.1, 0.15) is 0 Å². The summed E-state index contributed by atoms with van der Waals surface area (Å²) < 4.78 is 2.23. The molecule has 7 nitrogen and oxygen atoms in total. The zero-order valence-electron chi connectivity index (χ0n) is 37.8. The fourth-order valence-electron chi connectivity index (χ4n) is 17.7. The van der Waals surface area contributed by atoms with Crippen LogP contribution in [0.3, 0.4) is 0 Å². The first-order valence-electron chi connectivity index (χ1n) is 25.1. The van der Waals surface area contributed by atoms with E-state index in [1.165, 1.54) is 64.2 Å². The number of ketones is 1. The molecule has 1 spiro atoms. The van der Waals surface area contributed by atoms with E-state index in [0.29, 0.717) is 42.4 Å². The Hall–Kier alpha value is -2.06. The van der Waals surface area contributed by atoms with Gasteiger partial charge in [0, 0.05) is 42.1 Å². The number of fused-ring (bicyclic) bond motifs is 8. The van der Waals surface area contributed by atoms with Gasteiger partial charge in [0.2, 0.25) is 0 Å². The van der Waals surface area contributed by atoms with Crippen molar-refractivity contribution in [2.45, 2.75) is 200 Å². The topological polar surface area (TPSA) is 116 Å². The van der Waals surface area contributed by atoms with Crippen molar-refractivity contribution in [2.24, 2.45) is 69.0 Å². The first-order chi connectivity index (χ1) is 28.6. The van der Waals surface area contributed by atoms with Gasteiger partial charge in [-0.1, -0.05) is 82.6 Å². The van der Waals surface area contributed by atoms with Gasteiger partial charge in [0.05, 0.1) is 30.2 Å². The van der Waals surface area contributed by atoms with E-state index in [4.69, 9.17) is 0 Å². The summed E-state index contributed by atoms with van der Waals surface area (Å²) in [4.78, 5) is 18.8. The Morgan fingerprint density at radius 2 is 1.68 bits per heavy atom. The smallest absolute Gasteiger partial charge is 0.159 e. The van der Waals surface area contributed by atoms with Gasteiger partial charge in [-0.2, -0.15) is 0 Å². The molecule has 330 valence electrons. The molecule has 9 aliphatic rings. The number of aliphatic hydroxyl groups excluding tert-OH is 3. The molecule has 0 unspecified atom stereocenters. The molecule has 6 saturated carbocycles. The van der Waals surface area contributed by atoms with E-state index in [1.54, 1.807) is 22.3 Å². The first kappa shape index (κ1) is 41.9. The van der Waals surface area contributed by atoms with E-state index in [1.807, 2.05) is 18.6 Å². The highest BCUT2D eigenvalue weighted by Gasteiger charge is 2.69. The van der Waals surface area contributed by atoms with Crippen molar-refractivity contribution in [1.82, 2.24) is 9.55 Å². The predicted octanol–water partition coefficient (Wildman–Crippen LogP) is 10.1. The molecule has 7 heteroatoms. The van der Waals surface area contributed by atoms with Gasteiger partial charge in [0.25, 0.3) is 0 Å². The second kappa shape index (κ2) is 15.0. The van der Waals surface area contributed by atoms with E-state index >= 15 is 0 Å². The van der Waals surface area contributed by atoms with Gasteiger partial charge >= 0.3 is 0 Å². The van der Waals surface area contributed by atoms with Crippen molar-refractivity contribution >= 4 is 5.78 Å². The number of carbonyl (C=O) groups excluding carboxylic acids is 1. The second-order valence-corrected chi connectivity index (χ2v) is 23.8. The summed E-state index contributed by atoms with van der Waals surface area (Å²) in [6, 6.07) is 0. The Labute approximate surface area is 361 Å². The third kappa shape index (κ3) is 6.13. The van der Waals surface area contributed by atoms with Crippen LogP contribution in [0.5, 0.6) is 0 Å². The van der Waals surface area contributed by atoms with Crippen LogP contribution in [0.25, 0.3) is 0 Å². The highest BCUT2D eigenvalue weighted by molar-refractivity contribution is 5.95. The van der Waals surface area contributed by atoms with Crippen LogP contribution in [-0.2, 0) is 11.3 Å². The van der Waals surface area contributed by atoms with Crippen molar-refractivity contribution < 1.29 is 25.2 Å². The zero-order valence-corrected chi connectivity index (χ0v) is 37.8. The van der Waals surface area contributed by atoms with E-state index in [2.05, 4.69) is 50.4 Å². The summed E-state index contributed by atoms with van der Waals surface area (Å²) >= 11 is 0. The lowest BCUT2D eigenvalue weighted by molar-refractivity contribution is -0.161. The minimum Gasteiger partial charge on any atom is -0.392 e. The summed E-state index contributed by atoms with van der Waals surface area (Å²) in [6.07, 6.45) is 27.4. The number of allylic oxidation sites excluding steroid dienone is 3. The van der Waals surface area contributed by atoms with Crippen molar-refractivity contribution in [1.29, 1.82) is 0 Å². The lowest BCUT2D eigenvalue weighted by Crippen LogP contribution is -2.62. The third-order valence-electron chi connectivity index (χ3n) is 20.3. The lowest BCUT2D eigenvalue weighted by atomic mass is 9.43. The van der Waals surface area contributed by atoms with E-state index in [-0.39, 0.29) is 40.8 Å². The Balaban J connectivity index is 1.03. The molecule has 6 fully saturated rings. The standard InChI is InChI=1S/C53H78N2O5/c1-32(2)11-9-20-52-30-43(58)42(57)29-40(52)41(56)28-39-38(52)15-21-50(5)37(16-22-53(39,50)60)36-27-33-12-8-13-34-44(33)45(48(36)59)47(49(3,4)23-25-55-26-24-54-31-55)35-14-10-19-51(46(34)35)17-6-7-18-51/h24,26,28,31-33,36-38,40,42-43,45-46,48,57-60H,6-23,25,27,29-30H2,1-5H3/t33-,36+,37-,38+,40+,42-,43+,45-,46+,48+,50-,52-,53-/m1/s1. The van der Waals surface area contributed by atoms with Crippen LogP contribution < -0.4 is 0 Å². The van der Waals surface area contributed by atoms with Crippen molar-refractivity contribution in [3.8, 4) is 0 Å². The predicted molar refractivity (Wildman–Crippen MR) is 235 cm³/mol. The average molecular weight is 823 g/mol. The molecule has 0 saturated heterocycles. The number of aliphatic hydroxyl groups is 4. The molecule has 60 heavy (non-hydrogen) atoms. The summed E-state index contributed by atoms with van der Waals surface area (Å²) in [7, 11) is 0. The van der Waals surface area contributed by atoms with Crippen molar-refractivity contribution in [3.63, 3.8) is 0 Å². The molecule has 0 bridgehead atoms. The van der Waals surface area contributed by atoms with Crippen molar-refractivity contribution in [2.75, 3.05) is 0 Å². The number of aryl methyl sites for hydroxylation is 1. The Kier molecular flexibility index (Phi) is 10.5. The number of carbonyl (C=O) groups is 1. The SMILES string of the molecule is CC(C)CCC[C@]12C[C@H](O)[C@H](O)C[C@H]1C(=O)C=C1[C@@H]2CC[C@]2(C)[C@@H]([C@@H]3C[C@H]4CCCC5=C4[C@H](C(C(C)(C)CCn4ccnc4)=C4CCCC6(CCCC6)[C@@H]54)[C@H]3O)CC[C@@]12O. The van der Waals surface area contributed by atoms with Crippen LogP contribution in [0, 0.1) is 69.0 Å². The monoisotopic (exact) mass is 823 g/mol. The lowest BCUT2D eigenvalue weighted by Gasteiger charge is -2.62. The molecule has 13 atom stereocenters. The molecular formula is C53H78N2O5. The van der Waals surface area contributed by atoms with Gasteiger partial charge in [-0.15, -0.1) is 0 Å². The molecule has 0 aliphatic heterocycles. The number of hydrogen-bond acceptors (Lipinski definition) is 6. The highest BCUT2D eigenvalue weighted by atomic mass is 16.3. The summed E-state index contributed by atoms with van der Waals surface area (Å²) in [6.45, 7) is 12.7. The quantitative estimate of drug-likeness (QED) is 0.184. The summed E-state index contributed by atoms with van der Waals surface area (Å²) in [5, 5.41) is 49.2. The molecule has 1 heterocycles. The van der Waals surface area contributed by atoms with E-state index < -0.39 is 34.7 Å². The van der Waals surface area contributed by atoms with Crippen molar-refractivity contribution in [3.05, 3.63) is 52.7 Å². The van der Waals surface area contributed by atoms with Gasteiger partial charge in [-0.3, -0.25) is 4.79 Å². The normalized spacial score (nSPS) is 43.4. The second-order valence-electron chi connectivity index (χ2n) is 23.8. The molecule has 0 amide bonds. The van der Waals surface area contributed by atoms with Gasteiger partial charge in [-0.25, -0.2) is 4.98 Å². The molecule has 9 aliphatic carbocycles. The fraction of sp³-hybridized carbons (Fsp3) is 0.811. The molecular weight excluding hydrogens is 745 g/mol. The average Bonchev–Trinajstić information content (AvgIpc) is 3.97. The Morgan fingerprint density at radius 1 is 0.917 bits per heavy atom. The number of nitrogens with zero attached hydrogens (tertiary/aromatic N) is 2. The largest absolute Gasteiger partial charge is 0.392 e. The van der Waals surface area contributed by atoms with Crippen LogP contribution in [0.1, 0.15) is 169 Å². The number of imidazole rings is 1. The maximum absolute atomic E-state index is 14.4. The molecule has 1 aromatic rings. The van der Waals surface area contributed by atoms with Gasteiger partial charge in [0.15, 0.2) is 5.78 Å². The molecule has 0 radical (unpaired) electrons. The Morgan fingerprint density at radius 3 is 2.43 bits per heavy atom. The Bertz CT molecular complexity index is 1920. The van der Waals surface area contributed by atoms with Crippen LogP contribution in [0.4, 0.5) is 0 Å². The molecule has 4 N–H and O–H groups in total. The maximum atomic E-state index is 14.4. The van der Waals surface area contributed by atoms with Crippen LogP contribution in [0.2, 0.25) is 0 Å². The molecule has 0 aromatic carbocycles. The number of rotatable bonds is 9. The highest BCUT2D eigenvalue weighted by Crippen LogP contribution is 2.72. The maximum Gasteiger partial charge on any atom is 0.159 e. The van der Waals surface area contributed by atoms with Gasteiger partial charge in [-0.05, 0) is 167 Å². The van der Waals surface area contributed by atoms with E-state index in [0.717, 1.165) is 63.5 Å². The minimum atomic E-state index is -1.12. The molecule has 10 rings (SSSR count). The zero-order chi connectivity index (χ0) is 42.0. The summed E-state index contributed by atoms with van der Waals surface area (Å²) in [5.41, 5.74) is 5.96. The van der Waals surface area contributed by atoms with Crippen LogP contribution in [0.15, 0.2) is 52.7 Å². The third-order valence-corrected chi connectivity index (χ3v) is 20.3. The van der Waals surface area contributed by atoms with Gasteiger partial charge < -0.3 is 25.0 Å². The molecule has 1 aromatic heterocycles.